The second-order valence-corrected chi connectivity index (χ2v) is 8.06. The first-order chi connectivity index (χ1) is 12.9. The van der Waals surface area contributed by atoms with E-state index in [4.69, 9.17) is 16.0 Å². The van der Waals surface area contributed by atoms with E-state index in [1.807, 2.05) is 0 Å². The Bertz CT molecular complexity index is 872. The summed E-state index contributed by atoms with van der Waals surface area (Å²) in [6.45, 7) is 3.52. The van der Waals surface area contributed by atoms with Crippen LogP contribution in [-0.2, 0) is 0 Å². The van der Waals surface area contributed by atoms with E-state index in [2.05, 4.69) is 26.6 Å². The summed E-state index contributed by atoms with van der Waals surface area (Å²) in [5.74, 6) is 0.652. The standard InChI is InChI=1S/C20H22BrClN2O3/c1-11-17(18(21)12(2)27-11)20(26)24-14-8-9-16(22)15(10-14)19(25)23-13-6-4-3-5-7-13/h8-10,13H,3-7H2,1-2H3,(H,23,25)(H,24,26). The largest absolute Gasteiger partial charge is 0.465 e. The zero-order valence-electron chi connectivity index (χ0n) is 15.3. The van der Waals surface area contributed by atoms with Gasteiger partial charge in [0.2, 0.25) is 0 Å². The minimum Gasteiger partial charge on any atom is -0.465 e. The molecule has 27 heavy (non-hydrogen) atoms. The molecule has 2 amide bonds. The van der Waals surface area contributed by atoms with E-state index in [1.165, 1.54) is 6.42 Å². The molecule has 1 aromatic heterocycles. The highest BCUT2D eigenvalue weighted by Gasteiger charge is 2.22. The first-order valence-electron chi connectivity index (χ1n) is 9.04. The van der Waals surface area contributed by atoms with Gasteiger partial charge in [-0.2, -0.15) is 0 Å². The van der Waals surface area contributed by atoms with Crippen molar-refractivity contribution >= 4 is 45.0 Å². The Kier molecular flexibility index (Phi) is 6.27. The van der Waals surface area contributed by atoms with Crippen molar-refractivity contribution < 1.29 is 14.0 Å². The molecular weight excluding hydrogens is 432 g/mol. The van der Waals surface area contributed by atoms with Crippen molar-refractivity contribution in [3.8, 4) is 0 Å². The number of furan rings is 1. The molecule has 1 heterocycles. The summed E-state index contributed by atoms with van der Waals surface area (Å²) >= 11 is 9.60. The molecule has 0 saturated heterocycles. The van der Waals surface area contributed by atoms with E-state index in [0.29, 0.717) is 37.8 Å². The van der Waals surface area contributed by atoms with Crippen molar-refractivity contribution in [3.05, 3.63) is 50.3 Å². The predicted molar refractivity (Wildman–Crippen MR) is 110 cm³/mol. The van der Waals surface area contributed by atoms with Crippen molar-refractivity contribution in [1.82, 2.24) is 5.32 Å². The highest BCUT2D eigenvalue weighted by molar-refractivity contribution is 9.10. The third-order valence-electron chi connectivity index (χ3n) is 4.82. The van der Waals surface area contributed by atoms with Crippen LogP contribution in [0, 0.1) is 13.8 Å². The SMILES string of the molecule is Cc1oc(C)c(C(=O)Nc2ccc(Cl)c(C(=O)NC3CCCCC3)c2)c1Br. The summed E-state index contributed by atoms with van der Waals surface area (Å²) in [5, 5.41) is 6.22. The molecule has 0 spiro atoms. The Balaban J connectivity index is 1.76. The first-order valence-corrected chi connectivity index (χ1v) is 10.2. The van der Waals surface area contributed by atoms with Gasteiger partial charge in [0.1, 0.15) is 11.5 Å². The third kappa shape index (κ3) is 4.55. The zero-order valence-corrected chi connectivity index (χ0v) is 17.7. The molecule has 2 aromatic rings. The van der Waals surface area contributed by atoms with Crippen molar-refractivity contribution in [2.45, 2.75) is 52.0 Å². The number of carbonyl (C=O) groups is 2. The minimum atomic E-state index is -0.308. The summed E-state index contributed by atoms with van der Waals surface area (Å²) in [4.78, 5) is 25.2. The molecule has 2 N–H and O–H groups in total. The lowest BCUT2D eigenvalue weighted by atomic mass is 9.95. The Morgan fingerprint density at radius 2 is 1.81 bits per heavy atom. The van der Waals surface area contributed by atoms with E-state index in [1.54, 1.807) is 32.0 Å². The van der Waals surface area contributed by atoms with Gasteiger partial charge < -0.3 is 15.1 Å². The zero-order chi connectivity index (χ0) is 19.6. The number of amides is 2. The summed E-state index contributed by atoms with van der Waals surface area (Å²) in [6.07, 6.45) is 5.47. The number of hydrogen-bond donors (Lipinski definition) is 2. The molecule has 0 bridgehead atoms. The van der Waals surface area contributed by atoms with E-state index >= 15 is 0 Å². The summed E-state index contributed by atoms with van der Waals surface area (Å²) in [5.41, 5.74) is 1.30. The van der Waals surface area contributed by atoms with Crippen LogP contribution in [0.4, 0.5) is 5.69 Å². The molecule has 0 aliphatic heterocycles. The second-order valence-electron chi connectivity index (χ2n) is 6.86. The Morgan fingerprint density at radius 3 is 2.44 bits per heavy atom. The summed E-state index contributed by atoms with van der Waals surface area (Å²) < 4.78 is 6.10. The molecule has 5 nitrogen and oxygen atoms in total. The van der Waals surface area contributed by atoms with Crippen LogP contribution in [0.5, 0.6) is 0 Å². The number of nitrogens with one attached hydrogen (secondary N) is 2. The smallest absolute Gasteiger partial charge is 0.260 e. The fourth-order valence-corrected chi connectivity index (χ4v) is 4.14. The number of halogens is 2. The maximum absolute atomic E-state index is 12.6. The monoisotopic (exact) mass is 452 g/mol. The number of carbonyl (C=O) groups excluding carboxylic acids is 2. The normalized spacial score (nSPS) is 14.8. The van der Waals surface area contributed by atoms with Gasteiger partial charge in [-0.1, -0.05) is 30.9 Å². The topological polar surface area (TPSA) is 71.3 Å². The maximum Gasteiger partial charge on any atom is 0.260 e. The van der Waals surface area contributed by atoms with Crippen LogP contribution in [-0.4, -0.2) is 17.9 Å². The van der Waals surface area contributed by atoms with Crippen LogP contribution < -0.4 is 10.6 Å². The first kappa shape index (κ1) is 20.0. The van der Waals surface area contributed by atoms with Gasteiger partial charge in [0.15, 0.2) is 0 Å². The molecular formula is C20H22BrClN2O3. The van der Waals surface area contributed by atoms with Crippen LogP contribution in [0.1, 0.15) is 64.3 Å². The molecule has 1 aromatic carbocycles. The Hall–Kier alpha value is -1.79. The van der Waals surface area contributed by atoms with Gasteiger partial charge in [0.25, 0.3) is 11.8 Å². The maximum atomic E-state index is 12.6. The minimum absolute atomic E-state index is 0.188. The van der Waals surface area contributed by atoms with Gasteiger partial charge >= 0.3 is 0 Å². The lowest BCUT2D eigenvalue weighted by molar-refractivity contribution is 0.0926. The number of rotatable bonds is 4. The lowest BCUT2D eigenvalue weighted by Crippen LogP contribution is -2.36. The van der Waals surface area contributed by atoms with Crippen molar-refractivity contribution in [3.63, 3.8) is 0 Å². The van der Waals surface area contributed by atoms with Crippen molar-refractivity contribution in [1.29, 1.82) is 0 Å². The molecule has 3 rings (SSSR count). The van der Waals surface area contributed by atoms with E-state index in [-0.39, 0.29) is 17.9 Å². The highest BCUT2D eigenvalue weighted by Crippen LogP contribution is 2.29. The number of hydrogen-bond acceptors (Lipinski definition) is 3. The molecule has 0 unspecified atom stereocenters. The van der Waals surface area contributed by atoms with Gasteiger partial charge in [0, 0.05) is 11.7 Å². The van der Waals surface area contributed by atoms with Gasteiger partial charge in [-0.3, -0.25) is 9.59 Å². The quantitative estimate of drug-likeness (QED) is 0.630. The number of benzene rings is 1. The predicted octanol–water partition coefficient (Wildman–Crippen LogP) is 5.63. The van der Waals surface area contributed by atoms with Crippen LogP contribution in [0.3, 0.4) is 0 Å². The number of aryl methyl sites for hydroxylation is 2. The Morgan fingerprint density at radius 1 is 1.11 bits per heavy atom. The summed E-state index contributed by atoms with van der Waals surface area (Å²) in [7, 11) is 0. The molecule has 1 saturated carbocycles. The third-order valence-corrected chi connectivity index (χ3v) is 6.11. The second kappa shape index (κ2) is 8.48. The molecule has 0 atom stereocenters. The lowest BCUT2D eigenvalue weighted by Gasteiger charge is -2.23. The van der Waals surface area contributed by atoms with Crippen molar-refractivity contribution in [2.24, 2.45) is 0 Å². The molecule has 1 fully saturated rings. The molecule has 1 aliphatic carbocycles. The van der Waals surface area contributed by atoms with Crippen LogP contribution >= 0.6 is 27.5 Å². The highest BCUT2D eigenvalue weighted by atomic mass is 79.9. The molecule has 1 aliphatic rings. The van der Waals surface area contributed by atoms with Gasteiger partial charge in [-0.15, -0.1) is 0 Å². The molecule has 144 valence electrons. The fourth-order valence-electron chi connectivity index (χ4n) is 3.40. The van der Waals surface area contributed by atoms with Crippen LogP contribution in [0.2, 0.25) is 5.02 Å². The van der Waals surface area contributed by atoms with Gasteiger partial charge in [-0.25, -0.2) is 0 Å². The van der Waals surface area contributed by atoms with E-state index in [0.717, 1.165) is 25.7 Å². The summed E-state index contributed by atoms with van der Waals surface area (Å²) in [6, 6.07) is 5.09. The van der Waals surface area contributed by atoms with E-state index in [9.17, 15) is 9.59 Å². The van der Waals surface area contributed by atoms with Crippen LogP contribution in [0.25, 0.3) is 0 Å². The average molecular weight is 454 g/mol. The number of anilines is 1. The van der Waals surface area contributed by atoms with Crippen LogP contribution in [0.15, 0.2) is 27.1 Å². The van der Waals surface area contributed by atoms with E-state index < -0.39 is 0 Å². The van der Waals surface area contributed by atoms with Gasteiger partial charge in [-0.05, 0) is 60.8 Å². The molecule has 7 heteroatoms. The molecule has 0 radical (unpaired) electrons. The van der Waals surface area contributed by atoms with Gasteiger partial charge in [0.05, 0.1) is 20.6 Å². The average Bonchev–Trinajstić information content (AvgIpc) is 2.89. The van der Waals surface area contributed by atoms with Crippen molar-refractivity contribution in [2.75, 3.05) is 5.32 Å². The fraction of sp³-hybridized carbons (Fsp3) is 0.400. The Labute approximate surface area is 172 Å².